The number of hydrogen-bond acceptors (Lipinski definition) is 5. The number of fused-ring (bicyclic) bond motifs is 1. The maximum Gasteiger partial charge on any atom is 0.280 e. The van der Waals surface area contributed by atoms with Gasteiger partial charge in [0.15, 0.2) is 11.2 Å². The van der Waals surface area contributed by atoms with Crippen LogP contribution < -0.4 is 16.6 Å². The van der Waals surface area contributed by atoms with Gasteiger partial charge in [0.1, 0.15) is 0 Å². The van der Waals surface area contributed by atoms with E-state index in [0.717, 1.165) is 25.9 Å². The van der Waals surface area contributed by atoms with E-state index in [0.29, 0.717) is 17.2 Å². The standard InChI is InChI=1S/C10H14N6O/c11-10-14-8-7(9(17)15-10)13-5-16(8)6-2-1-3-12-4-6/h5-6,12H,1-4H2,(H3,11,14,15,17)/t6-/m1/s1. The Balaban J connectivity index is 2.13. The minimum Gasteiger partial charge on any atom is -0.369 e. The minimum atomic E-state index is -0.282. The predicted octanol–water partition coefficient (Wildman–Crippen LogP) is -0.374. The number of nitrogen functional groups attached to an aromatic ring is 1. The zero-order valence-electron chi connectivity index (χ0n) is 9.31. The van der Waals surface area contributed by atoms with E-state index in [1.54, 1.807) is 6.33 Å². The van der Waals surface area contributed by atoms with Crippen LogP contribution in [0.25, 0.3) is 11.2 Å². The molecule has 0 amide bonds. The molecule has 1 atom stereocenters. The van der Waals surface area contributed by atoms with E-state index >= 15 is 0 Å². The normalized spacial score (nSPS) is 20.8. The van der Waals surface area contributed by atoms with Gasteiger partial charge in [0.2, 0.25) is 5.95 Å². The highest BCUT2D eigenvalue weighted by atomic mass is 16.1. The number of aromatic amines is 1. The molecule has 0 saturated carbocycles. The fourth-order valence-electron chi connectivity index (χ4n) is 2.28. The Hall–Kier alpha value is -1.89. The van der Waals surface area contributed by atoms with Crippen molar-refractivity contribution in [1.82, 2.24) is 24.8 Å². The average molecular weight is 234 g/mol. The summed E-state index contributed by atoms with van der Waals surface area (Å²) in [5, 5.41) is 3.32. The summed E-state index contributed by atoms with van der Waals surface area (Å²) in [5.74, 6) is 0.132. The fourth-order valence-corrected chi connectivity index (χ4v) is 2.28. The molecule has 0 aromatic carbocycles. The van der Waals surface area contributed by atoms with E-state index in [-0.39, 0.29) is 11.5 Å². The number of anilines is 1. The van der Waals surface area contributed by atoms with Crippen LogP contribution in [0.3, 0.4) is 0 Å². The maximum atomic E-state index is 11.6. The highest BCUT2D eigenvalue weighted by molar-refractivity contribution is 5.70. The van der Waals surface area contributed by atoms with Crippen molar-refractivity contribution in [2.75, 3.05) is 18.8 Å². The first-order valence-electron chi connectivity index (χ1n) is 5.69. The van der Waals surface area contributed by atoms with Crippen LogP contribution in [0.1, 0.15) is 18.9 Å². The molecule has 1 aliphatic rings. The lowest BCUT2D eigenvalue weighted by atomic mass is 10.1. The van der Waals surface area contributed by atoms with Crippen LogP contribution >= 0.6 is 0 Å². The largest absolute Gasteiger partial charge is 0.369 e. The molecule has 0 aliphatic carbocycles. The van der Waals surface area contributed by atoms with Crippen molar-refractivity contribution in [3.63, 3.8) is 0 Å². The lowest BCUT2D eigenvalue weighted by molar-refractivity contribution is 0.376. The lowest BCUT2D eigenvalue weighted by Crippen LogP contribution is -2.31. The van der Waals surface area contributed by atoms with Gasteiger partial charge in [-0.25, -0.2) is 4.98 Å². The molecule has 7 nitrogen and oxygen atoms in total. The maximum absolute atomic E-state index is 11.6. The third kappa shape index (κ3) is 1.68. The number of piperidine rings is 1. The van der Waals surface area contributed by atoms with E-state index in [1.165, 1.54) is 0 Å². The quantitative estimate of drug-likeness (QED) is 0.624. The first kappa shape index (κ1) is 10.3. The second kappa shape index (κ2) is 3.85. The van der Waals surface area contributed by atoms with Gasteiger partial charge in [0.05, 0.1) is 6.33 Å². The number of rotatable bonds is 1. The third-order valence-corrected chi connectivity index (χ3v) is 3.11. The fraction of sp³-hybridized carbons (Fsp3) is 0.500. The van der Waals surface area contributed by atoms with Gasteiger partial charge < -0.3 is 15.6 Å². The molecule has 0 spiro atoms. The molecule has 0 unspecified atom stereocenters. The Morgan fingerprint density at radius 3 is 3.18 bits per heavy atom. The topological polar surface area (TPSA) is 102 Å². The van der Waals surface area contributed by atoms with E-state index in [4.69, 9.17) is 5.73 Å². The number of H-pyrrole nitrogens is 1. The lowest BCUT2D eigenvalue weighted by Gasteiger charge is -2.24. The summed E-state index contributed by atoms with van der Waals surface area (Å²) < 4.78 is 1.94. The second-order valence-corrected chi connectivity index (χ2v) is 4.28. The van der Waals surface area contributed by atoms with E-state index in [2.05, 4.69) is 20.3 Å². The summed E-state index contributed by atoms with van der Waals surface area (Å²) in [6, 6.07) is 0.294. The van der Waals surface area contributed by atoms with Gasteiger partial charge >= 0.3 is 0 Å². The van der Waals surface area contributed by atoms with Crippen molar-refractivity contribution >= 4 is 17.1 Å². The molecule has 17 heavy (non-hydrogen) atoms. The molecule has 4 N–H and O–H groups in total. The molecule has 90 valence electrons. The number of nitrogens with zero attached hydrogens (tertiary/aromatic N) is 3. The summed E-state index contributed by atoms with van der Waals surface area (Å²) in [6.45, 7) is 1.92. The second-order valence-electron chi connectivity index (χ2n) is 4.28. The molecular weight excluding hydrogens is 220 g/mol. The van der Waals surface area contributed by atoms with Crippen molar-refractivity contribution in [1.29, 1.82) is 0 Å². The van der Waals surface area contributed by atoms with Gasteiger partial charge in [-0.2, -0.15) is 4.98 Å². The summed E-state index contributed by atoms with van der Waals surface area (Å²) in [4.78, 5) is 22.4. The zero-order valence-corrected chi connectivity index (χ0v) is 9.31. The molecule has 0 radical (unpaired) electrons. The SMILES string of the molecule is Nc1nc2c(ncn2[C@@H]2CCCNC2)c(=O)[nH]1. The number of aromatic nitrogens is 4. The van der Waals surface area contributed by atoms with Crippen LogP contribution in [0.4, 0.5) is 5.95 Å². The molecule has 7 heteroatoms. The van der Waals surface area contributed by atoms with Gasteiger partial charge in [-0.15, -0.1) is 0 Å². The Kier molecular flexibility index (Phi) is 2.32. The molecule has 1 saturated heterocycles. The Bertz CT molecular complexity index is 594. The predicted molar refractivity (Wildman–Crippen MR) is 63.7 cm³/mol. The molecule has 2 aromatic heterocycles. The van der Waals surface area contributed by atoms with E-state index in [1.807, 2.05) is 4.57 Å². The first-order chi connectivity index (χ1) is 8.25. The highest BCUT2D eigenvalue weighted by Crippen LogP contribution is 2.20. The zero-order chi connectivity index (χ0) is 11.8. The molecule has 3 heterocycles. The molecular formula is C10H14N6O. The van der Waals surface area contributed by atoms with Crippen LogP contribution in [0.2, 0.25) is 0 Å². The molecule has 0 bridgehead atoms. The van der Waals surface area contributed by atoms with Gasteiger partial charge in [-0.3, -0.25) is 9.78 Å². The summed E-state index contributed by atoms with van der Waals surface area (Å²) >= 11 is 0. The summed E-state index contributed by atoms with van der Waals surface area (Å²) in [6.07, 6.45) is 3.85. The van der Waals surface area contributed by atoms with Crippen molar-refractivity contribution in [2.45, 2.75) is 18.9 Å². The molecule has 1 aliphatic heterocycles. The van der Waals surface area contributed by atoms with Gasteiger partial charge in [-0.05, 0) is 19.4 Å². The minimum absolute atomic E-state index is 0.132. The Morgan fingerprint density at radius 2 is 2.41 bits per heavy atom. The summed E-state index contributed by atoms with van der Waals surface area (Å²) in [5.41, 5.74) is 6.20. The van der Waals surface area contributed by atoms with Crippen molar-refractivity contribution in [3.05, 3.63) is 16.7 Å². The smallest absolute Gasteiger partial charge is 0.280 e. The highest BCUT2D eigenvalue weighted by Gasteiger charge is 2.19. The van der Waals surface area contributed by atoms with Crippen LogP contribution in [0, 0.1) is 0 Å². The van der Waals surface area contributed by atoms with Crippen LogP contribution in [-0.4, -0.2) is 32.6 Å². The van der Waals surface area contributed by atoms with Crippen LogP contribution in [0.5, 0.6) is 0 Å². The first-order valence-corrected chi connectivity index (χ1v) is 5.69. The van der Waals surface area contributed by atoms with Crippen molar-refractivity contribution in [3.8, 4) is 0 Å². The average Bonchev–Trinajstić information content (AvgIpc) is 2.74. The number of imidazole rings is 1. The van der Waals surface area contributed by atoms with Crippen LogP contribution in [0.15, 0.2) is 11.1 Å². The Labute approximate surface area is 97.1 Å². The van der Waals surface area contributed by atoms with Gasteiger partial charge in [-0.1, -0.05) is 0 Å². The number of nitrogens with two attached hydrogens (primary N) is 1. The van der Waals surface area contributed by atoms with Gasteiger partial charge in [0.25, 0.3) is 5.56 Å². The van der Waals surface area contributed by atoms with E-state index in [9.17, 15) is 4.79 Å². The Morgan fingerprint density at radius 1 is 1.53 bits per heavy atom. The third-order valence-electron chi connectivity index (χ3n) is 3.11. The monoisotopic (exact) mass is 234 g/mol. The molecule has 1 fully saturated rings. The van der Waals surface area contributed by atoms with Gasteiger partial charge in [0, 0.05) is 12.6 Å². The van der Waals surface area contributed by atoms with Crippen LogP contribution in [-0.2, 0) is 0 Å². The number of hydrogen-bond donors (Lipinski definition) is 3. The molecule has 2 aromatic rings. The van der Waals surface area contributed by atoms with Crippen molar-refractivity contribution in [2.24, 2.45) is 0 Å². The number of nitrogens with one attached hydrogen (secondary N) is 2. The summed E-state index contributed by atoms with van der Waals surface area (Å²) in [7, 11) is 0. The van der Waals surface area contributed by atoms with E-state index < -0.39 is 0 Å². The molecule has 3 rings (SSSR count). The van der Waals surface area contributed by atoms with Crippen molar-refractivity contribution < 1.29 is 0 Å².